The zero-order valence-electron chi connectivity index (χ0n) is 8.89. The van der Waals surface area contributed by atoms with Crippen LogP contribution >= 0.6 is 22.6 Å². The SMILES string of the molecule is CC1CC(C)(C)Nc2c(I)cccc21. The van der Waals surface area contributed by atoms with Crippen molar-refractivity contribution in [3.8, 4) is 0 Å². The third-order valence-electron chi connectivity index (χ3n) is 2.86. The van der Waals surface area contributed by atoms with Gasteiger partial charge in [-0.1, -0.05) is 19.1 Å². The maximum absolute atomic E-state index is 3.63. The van der Waals surface area contributed by atoms with Crippen LogP contribution < -0.4 is 5.32 Å². The van der Waals surface area contributed by atoms with Crippen LogP contribution in [-0.2, 0) is 0 Å². The Hall–Kier alpha value is -0.250. The molecule has 0 aliphatic carbocycles. The van der Waals surface area contributed by atoms with Gasteiger partial charge in [-0.3, -0.25) is 0 Å². The predicted octanol–water partition coefficient (Wildman–Crippen LogP) is 3.99. The van der Waals surface area contributed by atoms with Crippen molar-refractivity contribution in [1.29, 1.82) is 0 Å². The van der Waals surface area contributed by atoms with E-state index in [1.54, 1.807) is 0 Å². The standard InChI is InChI=1S/C12H16IN/c1-8-7-12(2,3)14-11-9(8)5-4-6-10(11)13/h4-6,8,14H,7H2,1-3H3. The van der Waals surface area contributed by atoms with Gasteiger partial charge in [0.1, 0.15) is 0 Å². The van der Waals surface area contributed by atoms with E-state index in [4.69, 9.17) is 0 Å². The van der Waals surface area contributed by atoms with Crippen molar-refractivity contribution < 1.29 is 0 Å². The van der Waals surface area contributed by atoms with Gasteiger partial charge in [-0.15, -0.1) is 0 Å². The van der Waals surface area contributed by atoms with Crippen LogP contribution in [0.3, 0.4) is 0 Å². The Morgan fingerprint density at radius 2 is 2.14 bits per heavy atom. The van der Waals surface area contributed by atoms with Gasteiger partial charge in [-0.05, 0) is 60.4 Å². The summed E-state index contributed by atoms with van der Waals surface area (Å²) in [5.74, 6) is 0.663. The van der Waals surface area contributed by atoms with E-state index in [-0.39, 0.29) is 5.54 Å². The average Bonchev–Trinajstić information content (AvgIpc) is 2.05. The van der Waals surface area contributed by atoms with Crippen molar-refractivity contribution in [1.82, 2.24) is 0 Å². The summed E-state index contributed by atoms with van der Waals surface area (Å²) < 4.78 is 1.33. The molecule has 1 N–H and O–H groups in total. The average molecular weight is 301 g/mol. The van der Waals surface area contributed by atoms with Crippen molar-refractivity contribution in [3.63, 3.8) is 0 Å². The topological polar surface area (TPSA) is 12.0 Å². The van der Waals surface area contributed by atoms with Crippen molar-refractivity contribution >= 4 is 28.3 Å². The Bertz CT molecular complexity index is 357. The molecule has 0 aromatic heterocycles. The maximum Gasteiger partial charge on any atom is 0.0515 e. The fraction of sp³-hybridized carbons (Fsp3) is 0.500. The summed E-state index contributed by atoms with van der Waals surface area (Å²) in [5.41, 5.74) is 3.04. The molecule has 2 heteroatoms. The van der Waals surface area contributed by atoms with Gasteiger partial charge < -0.3 is 5.32 Å². The first-order valence-electron chi connectivity index (χ1n) is 5.06. The van der Waals surface area contributed by atoms with Crippen molar-refractivity contribution in [2.45, 2.75) is 38.6 Å². The number of para-hydroxylation sites is 1. The van der Waals surface area contributed by atoms with Gasteiger partial charge in [0.05, 0.1) is 5.69 Å². The molecule has 2 rings (SSSR count). The van der Waals surface area contributed by atoms with E-state index in [0.29, 0.717) is 5.92 Å². The maximum atomic E-state index is 3.63. The normalized spacial score (nSPS) is 23.9. The molecule has 0 saturated carbocycles. The Labute approximate surface area is 99.4 Å². The van der Waals surface area contributed by atoms with Crippen LogP contribution in [0.25, 0.3) is 0 Å². The largest absolute Gasteiger partial charge is 0.379 e. The highest BCUT2D eigenvalue weighted by molar-refractivity contribution is 14.1. The highest BCUT2D eigenvalue weighted by Gasteiger charge is 2.29. The van der Waals surface area contributed by atoms with Crippen molar-refractivity contribution in [2.75, 3.05) is 5.32 Å². The van der Waals surface area contributed by atoms with Gasteiger partial charge >= 0.3 is 0 Å². The number of halogens is 1. The number of benzene rings is 1. The van der Waals surface area contributed by atoms with E-state index in [1.165, 1.54) is 21.2 Å². The molecule has 0 fully saturated rings. The minimum absolute atomic E-state index is 0.230. The Morgan fingerprint density at radius 1 is 1.43 bits per heavy atom. The quantitative estimate of drug-likeness (QED) is 0.715. The second-order valence-corrected chi connectivity index (χ2v) is 5.98. The van der Waals surface area contributed by atoms with Gasteiger partial charge in [-0.25, -0.2) is 0 Å². The van der Waals surface area contributed by atoms with Crippen LogP contribution in [0.15, 0.2) is 18.2 Å². The molecule has 1 aromatic rings. The minimum Gasteiger partial charge on any atom is -0.379 e. The van der Waals surface area contributed by atoms with Gasteiger partial charge in [0.25, 0.3) is 0 Å². The summed E-state index contributed by atoms with van der Waals surface area (Å²) in [4.78, 5) is 0. The molecule has 0 amide bonds. The zero-order valence-corrected chi connectivity index (χ0v) is 11.1. The lowest BCUT2D eigenvalue weighted by molar-refractivity contribution is 0.453. The molecule has 0 saturated heterocycles. The third-order valence-corrected chi connectivity index (χ3v) is 3.76. The molecule has 0 bridgehead atoms. The van der Waals surface area contributed by atoms with Crippen LogP contribution in [0.2, 0.25) is 0 Å². The van der Waals surface area contributed by atoms with E-state index in [1.807, 2.05) is 0 Å². The molecule has 0 radical (unpaired) electrons. The first-order chi connectivity index (χ1) is 6.49. The second kappa shape index (κ2) is 3.40. The van der Waals surface area contributed by atoms with Gasteiger partial charge in [0, 0.05) is 9.11 Å². The number of fused-ring (bicyclic) bond motifs is 1. The number of rotatable bonds is 0. The number of hydrogen-bond donors (Lipinski definition) is 1. The number of anilines is 1. The first-order valence-corrected chi connectivity index (χ1v) is 6.14. The fourth-order valence-electron chi connectivity index (χ4n) is 2.35. The molecular formula is C12H16IN. The molecule has 76 valence electrons. The van der Waals surface area contributed by atoms with E-state index < -0.39 is 0 Å². The third kappa shape index (κ3) is 1.76. The molecule has 1 heterocycles. The minimum atomic E-state index is 0.230. The molecule has 14 heavy (non-hydrogen) atoms. The predicted molar refractivity (Wildman–Crippen MR) is 69.9 cm³/mol. The van der Waals surface area contributed by atoms with Gasteiger partial charge in [0.15, 0.2) is 0 Å². The summed E-state index contributed by atoms with van der Waals surface area (Å²) in [6.45, 7) is 6.86. The summed E-state index contributed by atoms with van der Waals surface area (Å²) in [5, 5.41) is 3.63. The van der Waals surface area contributed by atoms with Gasteiger partial charge in [-0.2, -0.15) is 0 Å². The Balaban J connectivity index is 2.51. The lowest BCUT2D eigenvalue weighted by Gasteiger charge is -2.38. The van der Waals surface area contributed by atoms with E-state index >= 15 is 0 Å². The first kappa shape index (κ1) is 10.3. The monoisotopic (exact) mass is 301 g/mol. The second-order valence-electron chi connectivity index (χ2n) is 4.82. The summed E-state index contributed by atoms with van der Waals surface area (Å²) in [6, 6.07) is 6.56. The lowest BCUT2D eigenvalue weighted by atomic mass is 9.82. The molecule has 1 aliphatic heterocycles. The molecule has 1 unspecified atom stereocenters. The Kier molecular flexibility index (Phi) is 2.50. The molecule has 1 aromatic carbocycles. The fourth-order valence-corrected chi connectivity index (χ4v) is 3.00. The van der Waals surface area contributed by atoms with E-state index in [9.17, 15) is 0 Å². The lowest BCUT2D eigenvalue weighted by Crippen LogP contribution is -2.37. The van der Waals surface area contributed by atoms with Crippen LogP contribution in [-0.4, -0.2) is 5.54 Å². The zero-order chi connectivity index (χ0) is 10.3. The summed E-state index contributed by atoms with van der Waals surface area (Å²) >= 11 is 2.41. The highest BCUT2D eigenvalue weighted by atomic mass is 127. The molecule has 1 aliphatic rings. The highest BCUT2D eigenvalue weighted by Crippen LogP contribution is 2.40. The smallest absolute Gasteiger partial charge is 0.0515 e. The summed E-state index contributed by atoms with van der Waals surface area (Å²) in [7, 11) is 0. The van der Waals surface area contributed by atoms with Crippen molar-refractivity contribution in [2.24, 2.45) is 0 Å². The van der Waals surface area contributed by atoms with E-state index in [2.05, 4.69) is 66.9 Å². The molecule has 1 atom stereocenters. The van der Waals surface area contributed by atoms with Crippen LogP contribution in [0.5, 0.6) is 0 Å². The summed E-state index contributed by atoms with van der Waals surface area (Å²) in [6.07, 6.45) is 1.21. The van der Waals surface area contributed by atoms with Crippen LogP contribution in [0.1, 0.15) is 38.7 Å². The van der Waals surface area contributed by atoms with Gasteiger partial charge in [0.2, 0.25) is 0 Å². The molecule has 1 nitrogen and oxygen atoms in total. The number of hydrogen-bond acceptors (Lipinski definition) is 1. The van der Waals surface area contributed by atoms with E-state index in [0.717, 1.165) is 0 Å². The van der Waals surface area contributed by atoms with Crippen LogP contribution in [0, 0.1) is 3.57 Å². The van der Waals surface area contributed by atoms with Crippen LogP contribution in [0.4, 0.5) is 5.69 Å². The van der Waals surface area contributed by atoms with Crippen molar-refractivity contribution in [3.05, 3.63) is 27.3 Å². The molecule has 0 spiro atoms. The molecular weight excluding hydrogens is 285 g/mol. The Morgan fingerprint density at radius 3 is 2.86 bits per heavy atom. The number of nitrogens with one attached hydrogen (secondary N) is 1.